The van der Waals surface area contributed by atoms with Gasteiger partial charge in [-0.05, 0) is 42.8 Å². The van der Waals surface area contributed by atoms with Crippen LogP contribution in [0.15, 0.2) is 41.2 Å². The van der Waals surface area contributed by atoms with Crippen molar-refractivity contribution in [2.24, 2.45) is 0 Å². The number of rotatable bonds is 3. The minimum absolute atomic E-state index is 0.00640. The molecule has 1 heterocycles. The van der Waals surface area contributed by atoms with Crippen molar-refractivity contribution in [3.63, 3.8) is 0 Å². The molecule has 0 unspecified atom stereocenters. The van der Waals surface area contributed by atoms with Crippen molar-refractivity contribution in [2.45, 2.75) is 26.3 Å². The van der Waals surface area contributed by atoms with E-state index in [1.54, 1.807) is 18.2 Å². The second-order valence-corrected chi connectivity index (χ2v) is 6.03. The fourth-order valence-electron chi connectivity index (χ4n) is 2.68. The molecular formula is C17H15Cl2NO. The van der Waals surface area contributed by atoms with Gasteiger partial charge in [-0.1, -0.05) is 36.5 Å². The smallest absolute Gasteiger partial charge is 0.197 e. The molecule has 108 valence electrons. The highest BCUT2D eigenvalue weighted by Gasteiger charge is 2.11. The third-order valence-corrected chi connectivity index (χ3v) is 4.19. The highest BCUT2D eigenvalue weighted by Crippen LogP contribution is 2.24. The third-order valence-electron chi connectivity index (χ3n) is 3.72. The Morgan fingerprint density at radius 3 is 2.43 bits per heavy atom. The van der Waals surface area contributed by atoms with Crippen LogP contribution >= 0.6 is 23.2 Å². The van der Waals surface area contributed by atoms with E-state index in [1.165, 1.54) is 0 Å². The molecule has 0 aliphatic rings. The zero-order chi connectivity index (χ0) is 15.0. The van der Waals surface area contributed by atoms with Gasteiger partial charge < -0.3 is 4.57 Å². The Morgan fingerprint density at radius 1 is 0.952 bits per heavy atom. The fraction of sp³-hybridized carbons (Fsp3) is 0.235. The zero-order valence-corrected chi connectivity index (χ0v) is 13.2. The van der Waals surface area contributed by atoms with Crippen molar-refractivity contribution in [1.82, 2.24) is 4.57 Å². The Bertz CT molecular complexity index is 883. The lowest BCUT2D eigenvalue weighted by atomic mass is 10.1. The fourth-order valence-corrected chi connectivity index (χ4v) is 3.02. The predicted octanol–water partition coefficient (Wildman–Crippen LogP) is 5.26. The molecule has 0 atom stereocenters. The molecule has 0 saturated carbocycles. The Labute approximate surface area is 132 Å². The quantitative estimate of drug-likeness (QED) is 0.603. The summed E-state index contributed by atoms with van der Waals surface area (Å²) in [6, 6.07) is 10.9. The molecule has 21 heavy (non-hydrogen) atoms. The largest absolute Gasteiger partial charge is 0.340 e. The molecule has 0 spiro atoms. The standard InChI is InChI=1S/C17H15Cl2NO/c1-2-3-8-20-15-7-5-11(18)9-14(15)17(21)13-6-4-12(19)10-16(13)20/h4-7,9-10H,2-3,8H2,1H3. The SMILES string of the molecule is CCCCn1c2ccc(Cl)cc2c(=O)c2ccc(Cl)cc21. The molecule has 3 rings (SSSR count). The Morgan fingerprint density at radius 2 is 1.67 bits per heavy atom. The maximum Gasteiger partial charge on any atom is 0.197 e. The maximum absolute atomic E-state index is 12.7. The lowest BCUT2D eigenvalue weighted by Crippen LogP contribution is -2.11. The molecule has 0 aliphatic heterocycles. The first kappa shape index (κ1) is 14.4. The van der Waals surface area contributed by atoms with Crippen LogP contribution in [0.3, 0.4) is 0 Å². The van der Waals surface area contributed by atoms with Crippen LogP contribution in [0.2, 0.25) is 10.0 Å². The zero-order valence-electron chi connectivity index (χ0n) is 11.7. The van der Waals surface area contributed by atoms with Crippen LogP contribution in [0.25, 0.3) is 21.8 Å². The number of halogens is 2. The summed E-state index contributed by atoms with van der Waals surface area (Å²) in [5, 5.41) is 2.56. The lowest BCUT2D eigenvalue weighted by molar-refractivity contribution is 0.662. The van der Waals surface area contributed by atoms with E-state index in [-0.39, 0.29) is 5.43 Å². The van der Waals surface area contributed by atoms with Gasteiger partial charge in [0.05, 0.1) is 11.0 Å². The average Bonchev–Trinajstić information content (AvgIpc) is 2.47. The van der Waals surface area contributed by atoms with Gasteiger partial charge in [0.25, 0.3) is 0 Å². The summed E-state index contributed by atoms with van der Waals surface area (Å²) in [5.74, 6) is 0. The van der Waals surface area contributed by atoms with Gasteiger partial charge in [0.15, 0.2) is 5.43 Å². The van der Waals surface area contributed by atoms with Crippen LogP contribution in [0, 0.1) is 0 Å². The molecular weight excluding hydrogens is 305 g/mol. The number of hydrogen-bond acceptors (Lipinski definition) is 1. The highest BCUT2D eigenvalue weighted by atomic mass is 35.5. The van der Waals surface area contributed by atoms with E-state index < -0.39 is 0 Å². The first-order chi connectivity index (χ1) is 10.1. The Balaban J connectivity index is 2.47. The summed E-state index contributed by atoms with van der Waals surface area (Å²) in [6.07, 6.45) is 2.13. The maximum atomic E-state index is 12.7. The summed E-state index contributed by atoms with van der Waals surface area (Å²) >= 11 is 12.2. The number of benzene rings is 2. The van der Waals surface area contributed by atoms with Crippen LogP contribution in [0.5, 0.6) is 0 Å². The molecule has 2 aromatic carbocycles. The first-order valence-electron chi connectivity index (χ1n) is 7.03. The Kier molecular flexibility index (Phi) is 3.92. The van der Waals surface area contributed by atoms with E-state index in [4.69, 9.17) is 23.2 Å². The van der Waals surface area contributed by atoms with E-state index in [1.807, 2.05) is 18.2 Å². The van der Waals surface area contributed by atoms with E-state index in [2.05, 4.69) is 11.5 Å². The van der Waals surface area contributed by atoms with E-state index in [9.17, 15) is 4.79 Å². The molecule has 4 heteroatoms. The average molecular weight is 320 g/mol. The minimum atomic E-state index is 0.00640. The number of fused-ring (bicyclic) bond motifs is 2. The summed E-state index contributed by atoms with van der Waals surface area (Å²) < 4.78 is 2.16. The van der Waals surface area contributed by atoms with Crippen LogP contribution < -0.4 is 5.43 Å². The van der Waals surface area contributed by atoms with Gasteiger partial charge in [-0.3, -0.25) is 4.79 Å². The van der Waals surface area contributed by atoms with Crippen molar-refractivity contribution >= 4 is 45.0 Å². The number of nitrogens with zero attached hydrogens (tertiary/aromatic N) is 1. The molecule has 0 amide bonds. The van der Waals surface area contributed by atoms with Crippen LogP contribution in [0.1, 0.15) is 19.8 Å². The van der Waals surface area contributed by atoms with Crippen molar-refractivity contribution in [3.8, 4) is 0 Å². The van der Waals surface area contributed by atoms with Crippen molar-refractivity contribution in [2.75, 3.05) is 0 Å². The van der Waals surface area contributed by atoms with E-state index in [0.717, 1.165) is 30.4 Å². The molecule has 2 nitrogen and oxygen atoms in total. The van der Waals surface area contributed by atoms with Gasteiger partial charge in [-0.2, -0.15) is 0 Å². The van der Waals surface area contributed by atoms with E-state index in [0.29, 0.717) is 20.8 Å². The molecule has 3 aromatic rings. The highest BCUT2D eigenvalue weighted by molar-refractivity contribution is 6.32. The number of unbranched alkanes of at least 4 members (excludes halogenated alkanes) is 1. The third kappa shape index (κ3) is 2.54. The van der Waals surface area contributed by atoms with Gasteiger partial charge in [0.2, 0.25) is 0 Å². The van der Waals surface area contributed by atoms with Gasteiger partial charge in [0, 0.05) is 27.4 Å². The summed E-state index contributed by atoms with van der Waals surface area (Å²) in [4.78, 5) is 12.7. The van der Waals surface area contributed by atoms with Gasteiger partial charge in [-0.25, -0.2) is 0 Å². The van der Waals surface area contributed by atoms with Gasteiger partial charge in [-0.15, -0.1) is 0 Å². The molecule has 0 aliphatic carbocycles. The second kappa shape index (κ2) is 5.70. The molecule has 0 bridgehead atoms. The predicted molar refractivity (Wildman–Crippen MR) is 90.6 cm³/mol. The molecule has 0 radical (unpaired) electrons. The van der Waals surface area contributed by atoms with Crippen molar-refractivity contribution < 1.29 is 0 Å². The van der Waals surface area contributed by atoms with Crippen LogP contribution in [-0.2, 0) is 6.54 Å². The van der Waals surface area contributed by atoms with E-state index >= 15 is 0 Å². The number of aromatic nitrogens is 1. The molecule has 0 N–H and O–H groups in total. The molecule has 0 saturated heterocycles. The number of pyridine rings is 1. The number of hydrogen-bond donors (Lipinski definition) is 0. The topological polar surface area (TPSA) is 22.0 Å². The molecule has 1 aromatic heterocycles. The molecule has 0 fully saturated rings. The van der Waals surface area contributed by atoms with Crippen molar-refractivity contribution in [3.05, 3.63) is 56.7 Å². The number of aryl methyl sites for hydroxylation is 1. The summed E-state index contributed by atoms with van der Waals surface area (Å²) in [6.45, 7) is 3.00. The minimum Gasteiger partial charge on any atom is -0.340 e. The Hall–Kier alpha value is -1.51. The van der Waals surface area contributed by atoms with Crippen LogP contribution in [-0.4, -0.2) is 4.57 Å². The van der Waals surface area contributed by atoms with Crippen molar-refractivity contribution in [1.29, 1.82) is 0 Å². The second-order valence-electron chi connectivity index (χ2n) is 5.16. The summed E-state index contributed by atoms with van der Waals surface area (Å²) in [7, 11) is 0. The van der Waals surface area contributed by atoms with Crippen LogP contribution in [0.4, 0.5) is 0 Å². The normalized spacial score (nSPS) is 11.4. The van der Waals surface area contributed by atoms with Gasteiger partial charge in [0.1, 0.15) is 0 Å². The monoisotopic (exact) mass is 319 g/mol. The lowest BCUT2D eigenvalue weighted by Gasteiger charge is -2.15. The summed E-state index contributed by atoms with van der Waals surface area (Å²) in [5.41, 5.74) is 1.80. The van der Waals surface area contributed by atoms with Gasteiger partial charge >= 0.3 is 0 Å². The first-order valence-corrected chi connectivity index (χ1v) is 7.78.